The molecule has 3 aromatic rings. The van der Waals surface area contributed by atoms with Crippen molar-refractivity contribution in [3.05, 3.63) is 83.4 Å². The van der Waals surface area contributed by atoms with E-state index in [1.165, 1.54) is 0 Å². The molecule has 1 heterocycles. The Balaban J connectivity index is 1.70. The van der Waals surface area contributed by atoms with Crippen LogP contribution in [0.5, 0.6) is 5.75 Å². The first-order valence-electron chi connectivity index (χ1n) is 12.6. The van der Waals surface area contributed by atoms with Gasteiger partial charge in [-0.1, -0.05) is 30.3 Å². The van der Waals surface area contributed by atoms with Gasteiger partial charge in [0.05, 0.1) is 12.4 Å². The van der Waals surface area contributed by atoms with Crippen LogP contribution in [0.25, 0.3) is 0 Å². The van der Waals surface area contributed by atoms with E-state index >= 15 is 0 Å². The van der Waals surface area contributed by atoms with Crippen LogP contribution in [0.3, 0.4) is 0 Å². The maximum atomic E-state index is 13.3. The van der Waals surface area contributed by atoms with Crippen LogP contribution in [0.4, 0.5) is 0 Å². The number of rotatable bonds is 13. The quantitative estimate of drug-likeness (QED) is 0.228. The van der Waals surface area contributed by atoms with E-state index in [0.29, 0.717) is 19.4 Å². The summed E-state index contributed by atoms with van der Waals surface area (Å²) < 4.78 is 1.88. The summed E-state index contributed by atoms with van der Waals surface area (Å²) >= 11 is 0. The number of phenolic OH excluding ortho intramolecular Hbond substituents is 1. The normalized spacial score (nSPS) is 13.3. The Kier molecular flexibility index (Phi) is 10.0. The van der Waals surface area contributed by atoms with Crippen molar-refractivity contribution in [3.63, 3.8) is 0 Å². The van der Waals surface area contributed by atoms with E-state index in [1.807, 2.05) is 54.9 Å². The third-order valence-corrected chi connectivity index (χ3v) is 6.49. The number of amides is 3. The number of aromatic hydroxyl groups is 1. The fourth-order valence-electron chi connectivity index (χ4n) is 4.39. The van der Waals surface area contributed by atoms with Crippen molar-refractivity contribution < 1.29 is 19.5 Å². The molecule has 1 aromatic heterocycles. The first-order chi connectivity index (χ1) is 18.1. The fourth-order valence-corrected chi connectivity index (χ4v) is 4.39. The SMILES string of the molecule is Cc1cc(O)cc(C)c1CC(N)C(=O)N[C@H](CCCn1ccnc1)C(=O)N[C@@H](Cc1ccccc1)C(N)=O. The van der Waals surface area contributed by atoms with Gasteiger partial charge in [0, 0.05) is 25.4 Å². The molecule has 7 N–H and O–H groups in total. The van der Waals surface area contributed by atoms with Crippen LogP contribution in [-0.2, 0) is 33.8 Å². The van der Waals surface area contributed by atoms with Crippen LogP contribution in [0, 0.1) is 13.8 Å². The highest BCUT2D eigenvalue weighted by molar-refractivity contribution is 5.92. The van der Waals surface area contributed by atoms with Crippen molar-refractivity contribution in [2.75, 3.05) is 0 Å². The number of nitrogens with one attached hydrogen (secondary N) is 2. The van der Waals surface area contributed by atoms with Crippen molar-refractivity contribution in [2.24, 2.45) is 11.5 Å². The van der Waals surface area contributed by atoms with Crippen molar-refractivity contribution >= 4 is 17.7 Å². The Morgan fingerprint density at radius 3 is 2.26 bits per heavy atom. The molecule has 0 bridgehead atoms. The maximum Gasteiger partial charge on any atom is 0.243 e. The average Bonchev–Trinajstić information content (AvgIpc) is 3.39. The summed E-state index contributed by atoms with van der Waals surface area (Å²) in [7, 11) is 0. The van der Waals surface area contributed by atoms with E-state index in [1.54, 1.807) is 24.7 Å². The Hall–Kier alpha value is -4.18. The minimum atomic E-state index is -0.936. The fraction of sp³-hybridized carbons (Fsp3) is 0.357. The number of nitrogens with zero attached hydrogens (tertiary/aromatic N) is 2. The summed E-state index contributed by atoms with van der Waals surface area (Å²) in [5.74, 6) is -1.51. The van der Waals surface area contributed by atoms with Crippen LogP contribution in [0.15, 0.2) is 61.2 Å². The minimum absolute atomic E-state index is 0.149. The summed E-state index contributed by atoms with van der Waals surface area (Å²) in [5.41, 5.74) is 15.2. The predicted molar refractivity (Wildman–Crippen MR) is 144 cm³/mol. The number of nitrogens with two attached hydrogens (primary N) is 2. The Labute approximate surface area is 222 Å². The van der Waals surface area contributed by atoms with Crippen molar-refractivity contribution in [1.82, 2.24) is 20.2 Å². The standard InChI is InChI=1S/C28H36N6O4/c1-18-13-21(35)14-19(2)22(18)16-23(29)27(37)32-24(9-6-11-34-12-10-31-17-34)28(38)33-25(26(30)36)15-20-7-4-3-5-8-20/h3-5,7-8,10,12-14,17,23-25,35H,6,9,11,15-16,29H2,1-2H3,(H2,30,36)(H,32,37)(H,33,38)/t23?,24-,25+/m1/s1. The summed E-state index contributed by atoms with van der Waals surface area (Å²) in [6.45, 7) is 4.28. The lowest BCUT2D eigenvalue weighted by molar-refractivity contribution is -0.131. The molecule has 10 heteroatoms. The number of aromatic nitrogens is 2. The molecule has 10 nitrogen and oxygen atoms in total. The monoisotopic (exact) mass is 520 g/mol. The summed E-state index contributed by atoms with van der Waals surface area (Å²) in [6, 6.07) is 9.70. The number of hydrogen-bond donors (Lipinski definition) is 5. The van der Waals surface area contributed by atoms with Gasteiger partial charge in [0.15, 0.2) is 0 Å². The molecule has 0 aliphatic heterocycles. The van der Waals surface area contributed by atoms with Crippen molar-refractivity contribution in [1.29, 1.82) is 0 Å². The van der Waals surface area contributed by atoms with Gasteiger partial charge >= 0.3 is 0 Å². The first-order valence-corrected chi connectivity index (χ1v) is 12.6. The van der Waals surface area contributed by atoms with E-state index < -0.39 is 35.8 Å². The number of benzene rings is 2. The van der Waals surface area contributed by atoms with Gasteiger partial charge in [-0.05, 0) is 67.5 Å². The molecular formula is C28H36N6O4. The largest absolute Gasteiger partial charge is 0.508 e. The lowest BCUT2D eigenvalue weighted by atomic mass is 9.95. The van der Waals surface area contributed by atoms with E-state index in [4.69, 9.17) is 11.5 Å². The van der Waals surface area contributed by atoms with E-state index in [9.17, 15) is 19.5 Å². The number of primary amides is 1. The van der Waals surface area contributed by atoms with Gasteiger partial charge in [0.25, 0.3) is 0 Å². The summed E-state index contributed by atoms with van der Waals surface area (Å²) in [5, 5.41) is 15.3. The van der Waals surface area contributed by atoms with Crippen LogP contribution in [-0.4, -0.2) is 50.5 Å². The van der Waals surface area contributed by atoms with E-state index in [0.717, 1.165) is 22.3 Å². The maximum absolute atomic E-state index is 13.3. The number of phenols is 1. The van der Waals surface area contributed by atoms with Crippen LogP contribution < -0.4 is 22.1 Å². The molecule has 202 valence electrons. The third kappa shape index (κ3) is 8.17. The number of carbonyl (C=O) groups is 3. The van der Waals surface area contributed by atoms with Gasteiger partial charge in [0.2, 0.25) is 17.7 Å². The topological polar surface area (TPSA) is 165 Å². The zero-order chi connectivity index (χ0) is 27.7. The summed E-state index contributed by atoms with van der Waals surface area (Å²) in [4.78, 5) is 42.5. The zero-order valence-electron chi connectivity index (χ0n) is 21.8. The zero-order valence-corrected chi connectivity index (χ0v) is 21.8. The lowest BCUT2D eigenvalue weighted by Crippen LogP contribution is -2.56. The van der Waals surface area contributed by atoms with E-state index in [2.05, 4.69) is 15.6 Å². The molecule has 1 unspecified atom stereocenters. The molecule has 0 spiro atoms. The molecule has 38 heavy (non-hydrogen) atoms. The predicted octanol–water partition coefficient (Wildman–Crippen LogP) is 1.25. The van der Waals surface area contributed by atoms with Crippen LogP contribution >= 0.6 is 0 Å². The van der Waals surface area contributed by atoms with Crippen LogP contribution in [0.1, 0.15) is 35.1 Å². The number of aryl methyl sites for hydroxylation is 3. The smallest absolute Gasteiger partial charge is 0.243 e. The van der Waals surface area contributed by atoms with Gasteiger partial charge in [-0.15, -0.1) is 0 Å². The second-order valence-electron chi connectivity index (χ2n) is 9.53. The molecule has 0 saturated heterocycles. The van der Waals surface area contributed by atoms with Gasteiger partial charge < -0.3 is 31.8 Å². The molecule has 2 aromatic carbocycles. The molecule has 3 amide bonds. The molecule has 3 rings (SSSR count). The molecule has 0 aliphatic rings. The Morgan fingerprint density at radius 1 is 1.00 bits per heavy atom. The van der Waals surface area contributed by atoms with Crippen LogP contribution in [0.2, 0.25) is 0 Å². The number of hydrogen-bond acceptors (Lipinski definition) is 6. The molecule has 3 atom stereocenters. The minimum Gasteiger partial charge on any atom is -0.508 e. The third-order valence-electron chi connectivity index (χ3n) is 6.49. The molecule has 0 radical (unpaired) electrons. The second kappa shape index (κ2) is 13.4. The number of carbonyl (C=O) groups excluding carboxylic acids is 3. The highest BCUT2D eigenvalue weighted by Crippen LogP contribution is 2.22. The molecule has 0 aliphatic carbocycles. The van der Waals surface area contributed by atoms with Gasteiger partial charge in [-0.3, -0.25) is 14.4 Å². The van der Waals surface area contributed by atoms with Gasteiger partial charge in [-0.2, -0.15) is 0 Å². The van der Waals surface area contributed by atoms with E-state index in [-0.39, 0.29) is 18.6 Å². The Bertz CT molecular complexity index is 1210. The second-order valence-corrected chi connectivity index (χ2v) is 9.53. The lowest BCUT2D eigenvalue weighted by Gasteiger charge is -2.24. The van der Waals surface area contributed by atoms with Gasteiger partial charge in [0.1, 0.15) is 17.8 Å². The summed E-state index contributed by atoms with van der Waals surface area (Å²) in [6.07, 6.45) is 6.52. The highest BCUT2D eigenvalue weighted by atomic mass is 16.3. The van der Waals surface area contributed by atoms with Gasteiger partial charge in [-0.25, -0.2) is 4.98 Å². The Morgan fingerprint density at radius 2 is 1.66 bits per heavy atom. The molecule has 0 saturated carbocycles. The first kappa shape index (κ1) is 28.4. The molecule has 0 fully saturated rings. The van der Waals surface area contributed by atoms with Crippen molar-refractivity contribution in [3.8, 4) is 5.75 Å². The van der Waals surface area contributed by atoms with Crippen molar-refractivity contribution in [2.45, 2.75) is 64.2 Å². The molecular weight excluding hydrogens is 484 g/mol. The average molecular weight is 521 g/mol. The highest BCUT2D eigenvalue weighted by Gasteiger charge is 2.28. The number of imidazole rings is 1.